The van der Waals surface area contributed by atoms with Gasteiger partial charge in [-0.2, -0.15) is 0 Å². The van der Waals surface area contributed by atoms with Crippen LogP contribution in [0.15, 0.2) is 30.3 Å². The van der Waals surface area contributed by atoms with E-state index in [0.29, 0.717) is 6.04 Å². The predicted molar refractivity (Wildman–Crippen MR) is 88.5 cm³/mol. The summed E-state index contributed by atoms with van der Waals surface area (Å²) in [6.45, 7) is 9.40. The highest BCUT2D eigenvalue weighted by atomic mass is 15.3. The van der Waals surface area contributed by atoms with Crippen molar-refractivity contribution < 1.29 is 0 Å². The van der Waals surface area contributed by atoms with Crippen molar-refractivity contribution in [1.82, 2.24) is 15.1 Å². The number of nitrogens with zero attached hydrogens (tertiary/aromatic N) is 2. The number of hydrogen-bond donors (Lipinski definition) is 1. The lowest BCUT2D eigenvalue weighted by Crippen LogP contribution is -2.41. The van der Waals surface area contributed by atoms with Crippen LogP contribution < -0.4 is 5.32 Å². The first-order valence-corrected chi connectivity index (χ1v) is 8.62. The molecule has 2 atom stereocenters. The average Bonchev–Trinajstić information content (AvgIpc) is 2.87. The van der Waals surface area contributed by atoms with Crippen LogP contribution in [-0.4, -0.2) is 55.1 Å². The zero-order chi connectivity index (χ0) is 14.5. The lowest BCUT2D eigenvalue weighted by Gasteiger charge is -2.33. The summed E-state index contributed by atoms with van der Waals surface area (Å²) in [4.78, 5) is 5.45. The van der Waals surface area contributed by atoms with Gasteiger partial charge in [-0.3, -0.25) is 9.80 Å². The van der Waals surface area contributed by atoms with E-state index < -0.39 is 0 Å². The van der Waals surface area contributed by atoms with E-state index >= 15 is 0 Å². The maximum absolute atomic E-state index is 3.57. The lowest BCUT2D eigenvalue weighted by molar-refractivity contribution is 0.170. The van der Waals surface area contributed by atoms with Gasteiger partial charge in [-0.25, -0.2) is 0 Å². The number of likely N-dealkylation sites (N-methyl/N-ethyl adjacent to an activating group) is 1. The zero-order valence-corrected chi connectivity index (χ0v) is 13.3. The van der Waals surface area contributed by atoms with E-state index in [1.165, 1.54) is 51.0 Å². The van der Waals surface area contributed by atoms with Crippen molar-refractivity contribution >= 4 is 0 Å². The second-order valence-electron chi connectivity index (χ2n) is 6.41. The zero-order valence-electron chi connectivity index (χ0n) is 13.3. The minimum absolute atomic E-state index is 0.520. The van der Waals surface area contributed by atoms with Crippen molar-refractivity contribution in [2.24, 2.45) is 0 Å². The van der Waals surface area contributed by atoms with Crippen molar-refractivity contribution in [2.45, 2.75) is 38.3 Å². The van der Waals surface area contributed by atoms with Crippen LogP contribution in [0.25, 0.3) is 0 Å². The Hall–Kier alpha value is -0.900. The molecule has 2 fully saturated rings. The normalized spacial score (nSPS) is 25.5. The molecule has 3 rings (SSSR count). The topological polar surface area (TPSA) is 18.5 Å². The minimum Gasteiger partial charge on any atom is -0.315 e. The molecule has 2 heterocycles. The van der Waals surface area contributed by atoms with Crippen LogP contribution in [0.5, 0.6) is 0 Å². The second-order valence-corrected chi connectivity index (χ2v) is 6.41. The van der Waals surface area contributed by atoms with Crippen LogP contribution in [0.2, 0.25) is 0 Å². The third-order valence-electron chi connectivity index (χ3n) is 5.05. The van der Waals surface area contributed by atoms with Crippen molar-refractivity contribution in [3.63, 3.8) is 0 Å². The molecule has 0 radical (unpaired) electrons. The van der Waals surface area contributed by atoms with Gasteiger partial charge in [-0.1, -0.05) is 37.3 Å². The van der Waals surface area contributed by atoms with Gasteiger partial charge in [-0.05, 0) is 44.5 Å². The molecule has 0 bridgehead atoms. The standard InChI is InChI=1S/C18H29N3/c1-2-19-14-18(16-8-4-3-5-9-16)21-13-7-12-20-11-6-10-17(20)15-21/h3-5,8-9,17-19H,2,6-7,10-15H2,1H3. The third kappa shape index (κ3) is 3.65. The molecule has 3 heteroatoms. The smallest absolute Gasteiger partial charge is 0.0473 e. The Morgan fingerprint density at radius 3 is 2.76 bits per heavy atom. The van der Waals surface area contributed by atoms with Gasteiger partial charge in [0.2, 0.25) is 0 Å². The minimum atomic E-state index is 0.520. The van der Waals surface area contributed by atoms with Gasteiger partial charge >= 0.3 is 0 Å². The summed E-state index contributed by atoms with van der Waals surface area (Å²) in [6, 6.07) is 12.4. The molecule has 116 valence electrons. The highest BCUT2D eigenvalue weighted by Crippen LogP contribution is 2.27. The van der Waals surface area contributed by atoms with Gasteiger partial charge in [0, 0.05) is 31.7 Å². The summed E-state index contributed by atoms with van der Waals surface area (Å²) in [5, 5.41) is 3.57. The summed E-state index contributed by atoms with van der Waals surface area (Å²) in [5.41, 5.74) is 1.46. The Kier molecular flexibility index (Phi) is 5.28. The maximum Gasteiger partial charge on any atom is 0.0473 e. The van der Waals surface area contributed by atoms with Crippen LogP contribution in [0.1, 0.15) is 37.8 Å². The van der Waals surface area contributed by atoms with E-state index in [2.05, 4.69) is 52.4 Å². The number of fused-ring (bicyclic) bond motifs is 1. The fourth-order valence-corrected chi connectivity index (χ4v) is 3.93. The molecule has 0 aromatic heterocycles. The Balaban J connectivity index is 1.75. The van der Waals surface area contributed by atoms with Gasteiger partial charge < -0.3 is 5.32 Å². The largest absolute Gasteiger partial charge is 0.315 e. The monoisotopic (exact) mass is 287 g/mol. The molecule has 2 aliphatic heterocycles. The number of benzene rings is 1. The van der Waals surface area contributed by atoms with Gasteiger partial charge in [0.05, 0.1) is 0 Å². The molecule has 1 aromatic rings. The van der Waals surface area contributed by atoms with Gasteiger partial charge in [0.15, 0.2) is 0 Å². The average molecular weight is 287 g/mol. The molecule has 1 aromatic carbocycles. The molecule has 0 amide bonds. The quantitative estimate of drug-likeness (QED) is 0.898. The Morgan fingerprint density at radius 1 is 1.14 bits per heavy atom. The van der Waals surface area contributed by atoms with Crippen LogP contribution >= 0.6 is 0 Å². The predicted octanol–water partition coefficient (Wildman–Crippen LogP) is 2.51. The summed E-state index contributed by atoms with van der Waals surface area (Å²) in [6.07, 6.45) is 4.09. The summed E-state index contributed by atoms with van der Waals surface area (Å²) < 4.78 is 0. The highest BCUT2D eigenvalue weighted by Gasteiger charge is 2.31. The van der Waals surface area contributed by atoms with Gasteiger partial charge in [0.1, 0.15) is 0 Å². The molecular weight excluding hydrogens is 258 g/mol. The van der Waals surface area contributed by atoms with Crippen LogP contribution in [0, 0.1) is 0 Å². The lowest BCUT2D eigenvalue weighted by atomic mass is 10.0. The van der Waals surface area contributed by atoms with E-state index in [-0.39, 0.29) is 0 Å². The Labute approximate surface area is 129 Å². The molecule has 2 unspecified atom stereocenters. The number of nitrogens with one attached hydrogen (secondary N) is 1. The Bertz CT molecular complexity index is 420. The molecule has 0 spiro atoms. The molecule has 0 saturated carbocycles. The van der Waals surface area contributed by atoms with Gasteiger partial charge in [0.25, 0.3) is 0 Å². The van der Waals surface area contributed by atoms with E-state index in [1.54, 1.807) is 0 Å². The van der Waals surface area contributed by atoms with Crippen molar-refractivity contribution in [3.8, 4) is 0 Å². The van der Waals surface area contributed by atoms with E-state index in [4.69, 9.17) is 0 Å². The van der Waals surface area contributed by atoms with Crippen molar-refractivity contribution in [1.29, 1.82) is 0 Å². The first-order chi connectivity index (χ1) is 10.4. The summed E-state index contributed by atoms with van der Waals surface area (Å²) >= 11 is 0. The first kappa shape index (κ1) is 15.0. The van der Waals surface area contributed by atoms with Crippen LogP contribution in [0.4, 0.5) is 0 Å². The van der Waals surface area contributed by atoms with Gasteiger partial charge in [-0.15, -0.1) is 0 Å². The van der Waals surface area contributed by atoms with E-state index in [9.17, 15) is 0 Å². The molecule has 0 aliphatic carbocycles. The fourth-order valence-electron chi connectivity index (χ4n) is 3.93. The molecule has 21 heavy (non-hydrogen) atoms. The second kappa shape index (κ2) is 7.39. The summed E-state index contributed by atoms with van der Waals surface area (Å²) in [5.74, 6) is 0. The molecule has 3 nitrogen and oxygen atoms in total. The van der Waals surface area contributed by atoms with Crippen molar-refractivity contribution in [2.75, 3.05) is 39.3 Å². The maximum atomic E-state index is 3.57. The molecular formula is C18H29N3. The number of hydrogen-bond acceptors (Lipinski definition) is 3. The van der Waals surface area contributed by atoms with Crippen molar-refractivity contribution in [3.05, 3.63) is 35.9 Å². The fraction of sp³-hybridized carbons (Fsp3) is 0.667. The summed E-state index contributed by atoms with van der Waals surface area (Å²) in [7, 11) is 0. The highest BCUT2D eigenvalue weighted by molar-refractivity contribution is 5.19. The van der Waals surface area contributed by atoms with Crippen LogP contribution in [-0.2, 0) is 0 Å². The first-order valence-electron chi connectivity index (χ1n) is 8.62. The van der Waals surface area contributed by atoms with Crippen LogP contribution in [0.3, 0.4) is 0 Å². The number of rotatable bonds is 5. The SMILES string of the molecule is CCNCC(c1ccccc1)N1CCCN2CCCC2C1. The van der Waals surface area contributed by atoms with E-state index in [0.717, 1.165) is 19.1 Å². The molecule has 2 aliphatic rings. The molecule has 1 N–H and O–H groups in total. The Morgan fingerprint density at radius 2 is 1.95 bits per heavy atom. The van der Waals surface area contributed by atoms with E-state index in [1.807, 2.05) is 0 Å². The molecule has 2 saturated heterocycles. The third-order valence-corrected chi connectivity index (χ3v) is 5.05.